The minimum absolute atomic E-state index is 0.00715. The molecule has 2 aromatic rings. The molecule has 0 saturated carbocycles. The number of nitrogens with one attached hydrogen (secondary N) is 1. The van der Waals surface area contributed by atoms with E-state index in [4.69, 9.17) is 16.3 Å². The molecule has 1 N–H and O–H groups in total. The third-order valence-corrected chi connectivity index (χ3v) is 5.32. The number of amides is 1. The van der Waals surface area contributed by atoms with E-state index in [1.54, 1.807) is 43.3 Å². The molecule has 0 aromatic heterocycles. The van der Waals surface area contributed by atoms with E-state index in [1.165, 1.54) is 7.11 Å². The number of nitrogens with zero attached hydrogens (tertiary/aromatic N) is 1. The first-order valence-electron chi connectivity index (χ1n) is 7.89. The van der Waals surface area contributed by atoms with Gasteiger partial charge in [-0.3, -0.25) is 9.10 Å². The molecule has 6 nitrogen and oxygen atoms in total. The fourth-order valence-electron chi connectivity index (χ4n) is 2.42. The Labute approximate surface area is 158 Å². The molecule has 0 atom stereocenters. The zero-order valence-electron chi connectivity index (χ0n) is 14.8. The summed E-state index contributed by atoms with van der Waals surface area (Å²) in [6, 6.07) is 12.2. The van der Waals surface area contributed by atoms with Crippen molar-refractivity contribution in [2.24, 2.45) is 0 Å². The second-order valence-electron chi connectivity index (χ2n) is 5.77. The average molecular weight is 397 g/mol. The lowest BCUT2D eigenvalue weighted by atomic mass is 10.2. The standard InChI is InChI=1S/C18H21ClN2O4S/c1-13-11-16(17(25-2)12-15(13)19)21(26(3,23)24)10-9-18(22)20-14-7-5-4-6-8-14/h4-8,11-12H,9-10H2,1-3H3,(H,20,22). The lowest BCUT2D eigenvalue weighted by Crippen LogP contribution is -2.33. The predicted molar refractivity (Wildman–Crippen MR) is 105 cm³/mol. The number of rotatable bonds is 7. The van der Waals surface area contributed by atoms with E-state index < -0.39 is 10.0 Å². The fourth-order valence-corrected chi connectivity index (χ4v) is 3.50. The van der Waals surface area contributed by atoms with Crippen LogP contribution >= 0.6 is 11.6 Å². The fraction of sp³-hybridized carbons (Fsp3) is 0.278. The van der Waals surface area contributed by atoms with Crippen LogP contribution in [0.3, 0.4) is 0 Å². The SMILES string of the molecule is COc1cc(Cl)c(C)cc1N(CCC(=O)Nc1ccccc1)S(C)(=O)=O. The van der Waals surface area contributed by atoms with Gasteiger partial charge in [0.2, 0.25) is 15.9 Å². The van der Waals surface area contributed by atoms with Gasteiger partial charge in [0, 0.05) is 29.7 Å². The van der Waals surface area contributed by atoms with Crippen LogP contribution in [-0.4, -0.2) is 34.2 Å². The Morgan fingerprint density at radius 1 is 1.23 bits per heavy atom. The van der Waals surface area contributed by atoms with Crippen LogP contribution < -0.4 is 14.4 Å². The summed E-state index contributed by atoms with van der Waals surface area (Å²) in [6.07, 6.45) is 1.08. The molecule has 0 heterocycles. The van der Waals surface area contributed by atoms with Crippen LogP contribution in [0.5, 0.6) is 5.75 Å². The van der Waals surface area contributed by atoms with Crippen molar-refractivity contribution in [2.75, 3.05) is 29.5 Å². The number of benzene rings is 2. The average Bonchev–Trinajstić information content (AvgIpc) is 2.57. The molecule has 0 bridgehead atoms. The maximum Gasteiger partial charge on any atom is 0.232 e. The van der Waals surface area contributed by atoms with Crippen LogP contribution in [0.25, 0.3) is 0 Å². The zero-order valence-corrected chi connectivity index (χ0v) is 16.4. The number of hydrogen-bond donors (Lipinski definition) is 1. The van der Waals surface area contributed by atoms with Crippen LogP contribution in [0.2, 0.25) is 5.02 Å². The lowest BCUT2D eigenvalue weighted by molar-refractivity contribution is -0.116. The molecule has 2 aromatic carbocycles. The van der Waals surface area contributed by atoms with Crippen molar-refractivity contribution in [1.82, 2.24) is 0 Å². The van der Waals surface area contributed by atoms with Crippen molar-refractivity contribution in [3.05, 3.63) is 53.1 Å². The van der Waals surface area contributed by atoms with Gasteiger partial charge in [-0.25, -0.2) is 8.42 Å². The van der Waals surface area contributed by atoms with Crippen LogP contribution in [0.15, 0.2) is 42.5 Å². The second-order valence-corrected chi connectivity index (χ2v) is 8.09. The first-order chi connectivity index (χ1) is 12.2. The first kappa shape index (κ1) is 20.1. The van der Waals surface area contributed by atoms with E-state index >= 15 is 0 Å². The van der Waals surface area contributed by atoms with E-state index in [0.717, 1.165) is 10.6 Å². The monoisotopic (exact) mass is 396 g/mol. The topological polar surface area (TPSA) is 75.7 Å². The highest BCUT2D eigenvalue weighted by atomic mass is 35.5. The quantitative estimate of drug-likeness (QED) is 0.777. The van der Waals surface area contributed by atoms with Crippen LogP contribution in [0, 0.1) is 6.92 Å². The normalized spacial score (nSPS) is 11.1. The van der Waals surface area contributed by atoms with Gasteiger partial charge in [0.05, 0.1) is 19.1 Å². The van der Waals surface area contributed by atoms with Crippen molar-refractivity contribution in [3.63, 3.8) is 0 Å². The molecule has 0 aliphatic rings. The summed E-state index contributed by atoms with van der Waals surface area (Å²) in [7, 11) is -2.18. The summed E-state index contributed by atoms with van der Waals surface area (Å²) < 4.78 is 31.0. The molecule has 0 fully saturated rings. The van der Waals surface area contributed by atoms with Gasteiger partial charge in [-0.2, -0.15) is 0 Å². The van der Waals surface area contributed by atoms with E-state index in [0.29, 0.717) is 27.7 Å². The first-order valence-corrected chi connectivity index (χ1v) is 10.1. The zero-order chi connectivity index (χ0) is 19.3. The molecule has 26 heavy (non-hydrogen) atoms. The van der Waals surface area contributed by atoms with Crippen molar-refractivity contribution in [2.45, 2.75) is 13.3 Å². The minimum Gasteiger partial charge on any atom is -0.494 e. The van der Waals surface area contributed by atoms with Crippen LogP contribution in [-0.2, 0) is 14.8 Å². The molecule has 8 heteroatoms. The van der Waals surface area contributed by atoms with Crippen molar-refractivity contribution in [3.8, 4) is 5.75 Å². The minimum atomic E-state index is -3.62. The Morgan fingerprint density at radius 2 is 1.88 bits per heavy atom. The third kappa shape index (κ3) is 5.12. The van der Waals surface area contributed by atoms with Crippen LogP contribution in [0.1, 0.15) is 12.0 Å². The highest BCUT2D eigenvalue weighted by molar-refractivity contribution is 7.92. The van der Waals surface area contributed by atoms with Crippen molar-refractivity contribution in [1.29, 1.82) is 0 Å². The van der Waals surface area contributed by atoms with Crippen LogP contribution in [0.4, 0.5) is 11.4 Å². The largest absolute Gasteiger partial charge is 0.494 e. The third-order valence-electron chi connectivity index (χ3n) is 3.73. The summed E-state index contributed by atoms with van der Waals surface area (Å²) >= 11 is 6.09. The van der Waals surface area contributed by atoms with E-state index in [-0.39, 0.29) is 18.9 Å². The Bertz CT molecular complexity index is 886. The predicted octanol–water partition coefficient (Wildman–Crippen LogP) is 3.45. The number of hydrogen-bond acceptors (Lipinski definition) is 4. The maximum absolute atomic E-state index is 12.3. The Morgan fingerprint density at radius 3 is 2.46 bits per heavy atom. The molecule has 0 unspecified atom stereocenters. The smallest absolute Gasteiger partial charge is 0.232 e. The van der Waals surface area contributed by atoms with Crippen molar-refractivity contribution < 1.29 is 17.9 Å². The van der Waals surface area contributed by atoms with Gasteiger partial charge in [-0.05, 0) is 30.7 Å². The number of ether oxygens (including phenoxy) is 1. The number of sulfonamides is 1. The Hall–Kier alpha value is -2.25. The van der Waals surface area contributed by atoms with Crippen molar-refractivity contribution >= 4 is 38.9 Å². The van der Waals surface area contributed by atoms with Gasteiger partial charge in [0.1, 0.15) is 5.75 Å². The molecule has 0 aliphatic heterocycles. The summed E-state index contributed by atoms with van der Waals surface area (Å²) in [4.78, 5) is 12.2. The van der Waals surface area contributed by atoms with Gasteiger partial charge in [0.15, 0.2) is 0 Å². The molecule has 0 aliphatic carbocycles. The molecular formula is C18H21ClN2O4S. The molecule has 1 amide bonds. The van der Waals surface area contributed by atoms with E-state index in [9.17, 15) is 13.2 Å². The summed E-state index contributed by atoms with van der Waals surface area (Å²) in [6.45, 7) is 1.75. The van der Waals surface area contributed by atoms with Gasteiger partial charge in [-0.1, -0.05) is 29.8 Å². The second kappa shape index (κ2) is 8.42. The maximum atomic E-state index is 12.3. The lowest BCUT2D eigenvalue weighted by Gasteiger charge is -2.25. The Kier molecular flexibility index (Phi) is 6.50. The molecule has 0 spiro atoms. The number of carbonyl (C=O) groups is 1. The molecule has 2 rings (SSSR count). The molecular weight excluding hydrogens is 376 g/mol. The number of para-hydroxylation sites is 1. The highest BCUT2D eigenvalue weighted by Crippen LogP contribution is 2.35. The molecule has 0 saturated heterocycles. The number of halogens is 1. The summed E-state index contributed by atoms with van der Waals surface area (Å²) in [5.74, 6) is 0.0454. The summed E-state index contributed by atoms with van der Waals surface area (Å²) in [5, 5.41) is 3.21. The molecule has 0 radical (unpaired) electrons. The Balaban J connectivity index is 2.22. The van der Waals surface area contributed by atoms with E-state index in [1.807, 2.05) is 6.07 Å². The highest BCUT2D eigenvalue weighted by Gasteiger charge is 2.23. The number of methoxy groups -OCH3 is 1. The number of anilines is 2. The number of carbonyl (C=O) groups excluding carboxylic acids is 1. The summed E-state index contributed by atoms with van der Waals surface area (Å²) in [5.41, 5.74) is 1.72. The number of aryl methyl sites for hydroxylation is 1. The van der Waals surface area contributed by atoms with Gasteiger partial charge in [-0.15, -0.1) is 0 Å². The van der Waals surface area contributed by atoms with Gasteiger partial charge in [0.25, 0.3) is 0 Å². The molecule has 140 valence electrons. The van der Waals surface area contributed by atoms with Gasteiger partial charge >= 0.3 is 0 Å². The van der Waals surface area contributed by atoms with E-state index in [2.05, 4.69) is 5.32 Å². The van der Waals surface area contributed by atoms with Gasteiger partial charge < -0.3 is 10.1 Å².